The zero-order valence-corrected chi connectivity index (χ0v) is 10.9. The molecule has 1 aliphatic heterocycles. The molecule has 0 bridgehead atoms. The van der Waals surface area contributed by atoms with E-state index >= 15 is 0 Å². The Kier molecular flexibility index (Phi) is 3.59. The van der Waals surface area contributed by atoms with Crippen molar-refractivity contribution >= 4 is 5.84 Å². The van der Waals surface area contributed by atoms with Gasteiger partial charge >= 0.3 is 0 Å². The summed E-state index contributed by atoms with van der Waals surface area (Å²) in [6, 6.07) is 21.4. The first-order valence-electron chi connectivity index (χ1n) is 6.80. The zero-order chi connectivity index (χ0) is 12.9. The molecule has 0 unspecified atom stereocenters. The first-order valence-corrected chi connectivity index (χ1v) is 6.80. The van der Waals surface area contributed by atoms with Crippen molar-refractivity contribution in [2.75, 3.05) is 13.1 Å². The average molecular weight is 250 g/mol. The largest absolute Gasteiger partial charge is 0.372 e. The van der Waals surface area contributed by atoms with Crippen LogP contribution in [-0.4, -0.2) is 18.9 Å². The number of nitrogens with zero attached hydrogens (tertiary/aromatic N) is 1. The van der Waals surface area contributed by atoms with Crippen LogP contribution in [0.25, 0.3) is 0 Å². The normalized spacial score (nSPS) is 14.3. The monoisotopic (exact) mass is 250 g/mol. The number of hydrogen-bond acceptors (Lipinski definition) is 2. The Morgan fingerprint density at radius 3 is 1.95 bits per heavy atom. The Balaban J connectivity index is 1.91. The van der Waals surface area contributed by atoms with E-state index in [1.54, 1.807) is 0 Å². The molecule has 0 aromatic heterocycles. The molecular formula is C17H18N2. The standard InChI is InChI=1S/C17H18N2/c1-3-7-14(8-4-1)16(13-17-18-11-12-19-17)15-9-5-2-6-10-15/h1-10,16H,11-13H2,(H,18,19). The Morgan fingerprint density at radius 2 is 1.47 bits per heavy atom. The minimum Gasteiger partial charge on any atom is -0.372 e. The third-order valence-electron chi connectivity index (χ3n) is 3.54. The van der Waals surface area contributed by atoms with Gasteiger partial charge in [-0.1, -0.05) is 60.7 Å². The lowest BCUT2D eigenvalue weighted by atomic mass is 9.88. The smallest absolute Gasteiger partial charge is 0.0974 e. The van der Waals surface area contributed by atoms with Gasteiger partial charge in [0.25, 0.3) is 0 Å². The molecule has 19 heavy (non-hydrogen) atoms. The summed E-state index contributed by atoms with van der Waals surface area (Å²) in [4.78, 5) is 4.53. The van der Waals surface area contributed by atoms with E-state index in [1.807, 2.05) is 0 Å². The molecule has 1 N–H and O–H groups in total. The SMILES string of the molecule is c1ccc(C(CC2=NCCN2)c2ccccc2)cc1. The fraction of sp³-hybridized carbons (Fsp3) is 0.235. The molecule has 1 heterocycles. The average Bonchev–Trinajstić information content (AvgIpc) is 3.00. The summed E-state index contributed by atoms with van der Waals surface area (Å²) >= 11 is 0. The van der Waals surface area contributed by atoms with Gasteiger partial charge in [0.1, 0.15) is 0 Å². The highest BCUT2D eigenvalue weighted by atomic mass is 15.1. The van der Waals surface area contributed by atoms with Gasteiger partial charge in [0, 0.05) is 18.9 Å². The molecule has 0 amide bonds. The van der Waals surface area contributed by atoms with Gasteiger partial charge < -0.3 is 5.32 Å². The maximum absolute atomic E-state index is 4.53. The number of amidine groups is 1. The molecule has 0 saturated carbocycles. The van der Waals surface area contributed by atoms with Crippen LogP contribution >= 0.6 is 0 Å². The van der Waals surface area contributed by atoms with Gasteiger partial charge in [0.15, 0.2) is 0 Å². The molecule has 2 aromatic carbocycles. The molecule has 0 saturated heterocycles. The van der Waals surface area contributed by atoms with Gasteiger partial charge in [0.05, 0.1) is 12.4 Å². The number of benzene rings is 2. The van der Waals surface area contributed by atoms with Crippen LogP contribution in [-0.2, 0) is 0 Å². The fourth-order valence-electron chi connectivity index (χ4n) is 2.58. The highest BCUT2D eigenvalue weighted by Crippen LogP contribution is 2.28. The van der Waals surface area contributed by atoms with Crippen molar-refractivity contribution < 1.29 is 0 Å². The lowest BCUT2D eigenvalue weighted by Gasteiger charge is -2.18. The number of aliphatic imine (C=N–C) groups is 1. The molecule has 0 atom stereocenters. The second-order valence-corrected chi connectivity index (χ2v) is 4.83. The maximum atomic E-state index is 4.53. The zero-order valence-electron chi connectivity index (χ0n) is 10.9. The van der Waals surface area contributed by atoms with Crippen LogP contribution in [0, 0.1) is 0 Å². The maximum Gasteiger partial charge on any atom is 0.0974 e. The van der Waals surface area contributed by atoms with Gasteiger partial charge in [-0.3, -0.25) is 4.99 Å². The van der Waals surface area contributed by atoms with Crippen molar-refractivity contribution in [2.24, 2.45) is 4.99 Å². The minimum atomic E-state index is 0.381. The predicted octanol–water partition coefficient (Wildman–Crippen LogP) is 3.21. The van der Waals surface area contributed by atoms with Gasteiger partial charge in [-0.2, -0.15) is 0 Å². The van der Waals surface area contributed by atoms with E-state index in [2.05, 4.69) is 71.0 Å². The minimum absolute atomic E-state index is 0.381. The van der Waals surface area contributed by atoms with Crippen molar-refractivity contribution in [1.29, 1.82) is 0 Å². The Bertz CT molecular complexity index is 506. The summed E-state index contributed by atoms with van der Waals surface area (Å²) in [5.41, 5.74) is 2.70. The highest BCUT2D eigenvalue weighted by Gasteiger charge is 2.17. The van der Waals surface area contributed by atoms with Gasteiger partial charge in [0.2, 0.25) is 0 Å². The molecular weight excluding hydrogens is 232 g/mol. The van der Waals surface area contributed by atoms with E-state index in [4.69, 9.17) is 0 Å². The van der Waals surface area contributed by atoms with E-state index in [0.29, 0.717) is 5.92 Å². The Labute approximate surface area is 114 Å². The van der Waals surface area contributed by atoms with E-state index in [9.17, 15) is 0 Å². The van der Waals surface area contributed by atoms with Crippen LogP contribution < -0.4 is 5.32 Å². The Hall–Kier alpha value is -2.09. The molecule has 0 radical (unpaired) electrons. The first-order chi connectivity index (χ1) is 9.43. The van der Waals surface area contributed by atoms with Gasteiger partial charge in [-0.05, 0) is 11.1 Å². The molecule has 3 rings (SSSR count). The quantitative estimate of drug-likeness (QED) is 0.885. The summed E-state index contributed by atoms with van der Waals surface area (Å²) in [7, 11) is 0. The van der Waals surface area contributed by atoms with Crippen LogP contribution in [0.15, 0.2) is 65.7 Å². The number of hydrogen-bond donors (Lipinski definition) is 1. The van der Waals surface area contributed by atoms with Crippen molar-refractivity contribution in [3.63, 3.8) is 0 Å². The molecule has 2 aromatic rings. The molecule has 0 fully saturated rings. The van der Waals surface area contributed by atoms with E-state index in [1.165, 1.54) is 11.1 Å². The molecule has 2 heteroatoms. The molecule has 0 aliphatic carbocycles. The summed E-state index contributed by atoms with van der Waals surface area (Å²) in [5, 5.41) is 3.38. The van der Waals surface area contributed by atoms with E-state index < -0.39 is 0 Å². The van der Waals surface area contributed by atoms with E-state index in [-0.39, 0.29) is 0 Å². The topological polar surface area (TPSA) is 24.4 Å². The third kappa shape index (κ3) is 2.84. The molecule has 1 aliphatic rings. The third-order valence-corrected chi connectivity index (χ3v) is 3.54. The van der Waals surface area contributed by atoms with Crippen LogP contribution in [0.5, 0.6) is 0 Å². The summed E-state index contributed by atoms with van der Waals surface area (Å²) in [6.07, 6.45) is 0.952. The van der Waals surface area contributed by atoms with E-state index in [0.717, 1.165) is 25.3 Å². The lowest BCUT2D eigenvalue weighted by Crippen LogP contribution is -2.21. The summed E-state index contributed by atoms with van der Waals surface area (Å²) in [6.45, 7) is 1.89. The van der Waals surface area contributed by atoms with Crippen molar-refractivity contribution in [2.45, 2.75) is 12.3 Å². The second kappa shape index (κ2) is 5.70. The van der Waals surface area contributed by atoms with Crippen LogP contribution in [0.1, 0.15) is 23.5 Å². The van der Waals surface area contributed by atoms with Crippen LogP contribution in [0.3, 0.4) is 0 Å². The lowest BCUT2D eigenvalue weighted by molar-refractivity contribution is 0.833. The predicted molar refractivity (Wildman–Crippen MR) is 79.6 cm³/mol. The van der Waals surface area contributed by atoms with Crippen molar-refractivity contribution in [3.8, 4) is 0 Å². The summed E-state index contributed by atoms with van der Waals surface area (Å²) < 4.78 is 0. The first kappa shape index (κ1) is 12.0. The van der Waals surface area contributed by atoms with Crippen LogP contribution in [0.4, 0.5) is 0 Å². The summed E-state index contributed by atoms with van der Waals surface area (Å²) in [5.74, 6) is 1.52. The molecule has 96 valence electrons. The molecule has 0 spiro atoms. The Morgan fingerprint density at radius 1 is 0.895 bits per heavy atom. The fourth-order valence-corrected chi connectivity index (χ4v) is 2.58. The number of nitrogens with one attached hydrogen (secondary N) is 1. The molecule has 2 nitrogen and oxygen atoms in total. The number of rotatable bonds is 4. The van der Waals surface area contributed by atoms with Gasteiger partial charge in [-0.25, -0.2) is 0 Å². The van der Waals surface area contributed by atoms with Crippen molar-refractivity contribution in [1.82, 2.24) is 5.32 Å². The van der Waals surface area contributed by atoms with Gasteiger partial charge in [-0.15, -0.1) is 0 Å². The highest BCUT2D eigenvalue weighted by molar-refractivity contribution is 5.84. The van der Waals surface area contributed by atoms with Crippen LogP contribution in [0.2, 0.25) is 0 Å². The second-order valence-electron chi connectivity index (χ2n) is 4.83. The van der Waals surface area contributed by atoms with Crippen molar-refractivity contribution in [3.05, 3.63) is 71.8 Å².